The van der Waals surface area contributed by atoms with E-state index in [1.165, 1.54) is 30.7 Å². The Bertz CT molecular complexity index is 134. The number of nitrogens with zero attached hydrogens (tertiary/aromatic N) is 2. The molecule has 0 unspecified atom stereocenters. The van der Waals surface area contributed by atoms with Gasteiger partial charge in [-0.05, 0) is 12.8 Å². The third-order valence-corrected chi connectivity index (χ3v) is 2.82. The second kappa shape index (κ2) is 3.09. The van der Waals surface area contributed by atoms with E-state index in [9.17, 15) is 5.21 Å². The average molecular weight is 155 g/mol. The largest absolute Gasteiger partial charge is 0.581 e. The minimum atomic E-state index is 0.657. The Morgan fingerprint density at radius 3 is 2.55 bits per heavy atom. The molecule has 0 bridgehead atoms. The molecule has 0 spiro atoms. The Morgan fingerprint density at radius 2 is 2.00 bits per heavy atom. The van der Waals surface area contributed by atoms with Gasteiger partial charge in [-0.2, -0.15) is 5.06 Å². The minimum Gasteiger partial charge on any atom is -0.581 e. The molecule has 0 amide bonds. The van der Waals surface area contributed by atoms with Crippen LogP contribution in [0.4, 0.5) is 0 Å². The van der Waals surface area contributed by atoms with Crippen LogP contribution >= 0.6 is 0 Å². The summed E-state index contributed by atoms with van der Waals surface area (Å²) in [6.07, 6.45) is 5.35. The summed E-state index contributed by atoms with van der Waals surface area (Å²) in [5, 5.41) is 12.1. The van der Waals surface area contributed by atoms with E-state index in [1.807, 2.05) is 0 Å². The molecular weight excluding hydrogens is 140 g/mol. The first-order chi connectivity index (χ1) is 5.36. The van der Waals surface area contributed by atoms with Gasteiger partial charge in [0.1, 0.15) is 6.54 Å². The lowest BCUT2D eigenvalue weighted by Gasteiger charge is -2.19. The summed E-state index contributed by atoms with van der Waals surface area (Å²) in [6.45, 7) is 2.37. The van der Waals surface area contributed by atoms with Crippen LogP contribution in [0.5, 0.6) is 0 Å². The van der Waals surface area contributed by atoms with Gasteiger partial charge in [-0.25, -0.2) is 4.90 Å². The Morgan fingerprint density at radius 1 is 1.27 bits per heavy atom. The number of hydrogen-bond acceptors (Lipinski definition) is 3. The van der Waals surface area contributed by atoms with Crippen LogP contribution in [0.3, 0.4) is 0 Å². The van der Waals surface area contributed by atoms with E-state index < -0.39 is 0 Å². The Labute approximate surface area is 67.6 Å². The minimum absolute atomic E-state index is 0.657. The molecule has 2 fully saturated rings. The molecule has 0 aromatic heterocycles. The van der Waals surface area contributed by atoms with Crippen LogP contribution in [0.25, 0.3) is 0 Å². The quantitative estimate of drug-likeness (QED) is 0.415. The molecule has 0 aromatic carbocycles. The zero-order valence-corrected chi connectivity index (χ0v) is 6.83. The molecule has 1 saturated carbocycles. The highest BCUT2D eigenvalue weighted by molar-refractivity contribution is 4.84. The van der Waals surface area contributed by atoms with Crippen LogP contribution in [-0.2, 0) is 0 Å². The lowest BCUT2D eigenvalue weighted by atomic mass is 10.2. The molecule has 1 aliphatic carbocycles. The van der Waals surface area contributed by atoms with Crippen LogP contribution in [0, 0.1) is 5.21 Å². The number of hydrogen-bond donors (Lipinski definition) is 0. The zero-order chi connectivity index (χ0) is 7.68. The fraction of sp³-hybridized carbons (Fsp3) is 1.00. The van der Waals surface area contributed by atoms with Gasteiger partial charge in [0.15, 0.2) is 6.67 Å². The predicted octanol–water partition coefficient (Wildman–Crippen LogP) is 0.840. The normalized spacial score (nSPS) is 30.3. The van der Waals surface area contributed by atoms with E-state index in [2.05, 4.69) is 4.90 Å². The number of rotatable bonds is 1. The molecule has 0 atom stereocenters. The summed E-state index contributed by atoms with van der Waals surface area (Å²) in [6, 6.07) is 0.731. The molecule has 1 aliphatic heterocycles. The maximum Gasteiger partial charge on any atom is 0.179 e. The molecule has 2 aliphatic rings. The van der Waals surface area contributed by atoms with Crippen molar-refractivity contribution in [3.63, 3.8) is 0 Å². The van der Waals surface area contributed by atoms with Crippen LogP contribution in [0.1, 0.15) is 25.7 Å². The van der Waals surface area contributed by atoms with Gasteiger partial charge in [-0.3, -0.25) is 0 Å². The molecular formula is C8H15N2O. The van der Waals surface area contributed by atoms with Gasteiger partial charge < -0.3 is 5.21 Å². The van der Waals surface area contributed by atoms with Crippen molar-refractivity contribution in [2.45, 2.75) is 31.7 Å². The molecule has 2 rings (SSSR count). The summed E-state index contributed by atoms with van der Waals surface area (Å²) in [4.78, 5) is 2.33. The molecule has 11 heavy (non-hydrogen) atoms. The van der Waals surface area contributed by atoms with Crippen LogP contribution in [0.2, 0.25) is 0 Å². The van der Waals surface area contributed by atoms with E-state index in [0.29, 0.717) is 6.67 Å². The van der Waals surface area contributed by atoms with E-state index >= 15 is 0 Å². The van der Waals surface area contributed by atoms with E-state index in [1.54, 1.807) is 0 Å². The first-order valence-electron chi connectivity index (χ1n) is 4.52. The monoisotopic (exact) mass is 155 g/mol. The highest BCUT2D eigenvalue weighted by Crippen LogP contribution is 2.24. The summed E-state index contributed by atoms with van der Waals surface area (Å²) in [7, 11) is 0. The Kier molecular flexibility index (Phi) is 2.11. The van der Waals surface area contributed by atoms with Crippen molar-refractivity contribution < 1.29 is 0 Å². The first-order valence-corrected chi connectivity index (χ1v) is 4.52. The van der Waals surface area contributed by atoms with Gasteiger partial charge in [0.05, 0.1) is 6.54 Å². The van der Waals surface area contributed by atoms with Gasteiger partial charge in [0.25, 0.3) is 0 Å². The van der Waals surface area contributed by atoms with Crippen molar-refractivity contribution in [1.29, 1.82) is 0 Å². The van der Waals surface area contributed by atoms with Crippen LogP contribution < -0.4 is 5.06 Å². The predicted molar refractivity (Wildman–Crippen MR) is 44.2 cm³/mol. The lowest BCUT2D eigenvalue weighted by Crippen LogP contribution is -2.32. The van der Waals surface area contributed by atoms with Gasteiger partial charge in [0.2, 0.25) is 0 Å². The Hall–Kier alpha value is -0.120. The molecule has 1 heterocycles. The smallest absolute Gasteiger partial charge is 0.179 e. The van der Waals surface area contributed by atoms with Gasteiger partial charge >= 0.3 is 0 Å². The molecule has 0 N–H and O–H groups in total. The van der Waals surface area contributed by atoms with Crippen LogP contribution in [-0.4, -0.2) is 30.7 Å². The first kappa shape index (κ1) is 7.53. The molecule has 1 saturated heterocycles. The summed E-state index contributed by atoms with van der Waals surface area (Å²) in [5.74, 6) is 0. The van der Waals surface area contributed by atoms with Crippen molar-refractivity contribution in [1.82, 2.24) is 9.96 Å². The summed E-state index contributed by atoms with van der Waals surface area (Å²) >= 11 is 0. The Balaban J connectivity index is 1.85. The molecule has 3 heteroatoms. The standard InChI is InChI=1S/C8H15N2O/c11-10-6-5-9(7-10)8-3-1-2-4-8/h8H,1-7H2. The second-order valence-electron chi connectivity index (χ2n) is 3.60. The maximum absolute atomic E-state index is 10.9. The molecule has 0 aromatic rings. The van der Waals surface area contributed by atoms with Crippen molar-refractivity contribution in [3.8, 4) is 0 Å². The lowest BCUT2D eigenvalue weighted by molar-refractivity contribution is 0.234. The van der Waals surface area contributed by atoms with Gasteiger partial charge in [-0.1, -0.05) is 12.8 Å². The maximum atomic E-state index is 10.9. The zero-order valence-electron chi connectivity index (χ0n) is 6.83. The summed E-state index contributed by atoms with van der Waals surface area (Å²) < 4.78 is 0. The molecule has 63 valence electrons. The second-order valence-corrected chi connectivity index (χ2v) is 3.60. The van der Waals surface area contributed by atoms with E-state index in [4.69, 9.17) is 0 Å². The summed E-state index contributed by atoms with van der Waals surface area (Å²) in [5.41, 5.74) is 0. The number of hydroxylamine groups is 2. The van der Waals surface area contributed by atoms with Crippen molar-refractivity contribution in [2.75, 3.05) is 19.8 Å². The van der Waals surface area contributed by atoms with E-state index in [-0.39, 0.29) is 0 Å². The van der Waals surface area contributed by atoms with Crippen molar-refractivity contribution in [2.24, 2.45) is 0 Å². The van der Waals surface area contributed by atoms with Gasteiger partial charge in [0, 0.05) is 6.04 Å². The highest BCUT2D eigenvalue weighted by Gasteiger charge is 2.30. The topological polar surface area (TPSA) is 32.2 Å². The van der Waals surface area contributed by atoms with Crippen molar-refractivity contribution in [3.05, 3.63) is 5.21 Å². The molecule has 1 radical (unpaired) electrons. The fourth-order valence-corrected chi connectivity index (χ4v) is 2.15. The third kappa shape index (κ3) is 1.55. The average Bonchev–Trinajstić information content (AvgIpc) is 2.55. The van der Waals surface area contributed by atoms with Crippen molar-refractivity contribution >= 4 is 0 Å². The van der Waals surface area contributed by atoms with E-state index in [0.717, 1.165) is 19.1 Å². The molecule has 3 nitrogen and oxygen atoms in total. The van der Waals surface area contributed by atoms with Gasteiger partial charge in [-0.15, -0.1) is 0 Å². The fourth-order valence-electron chi connectivity index (χ4n) is 2.15. The highest BCUT2D eigenvalue weighted by atomic mass is 16.5. The SMILES string of the molecule is [O-][N+]1CCN(C2CCCC2)C1. The van der Waals surface area contributed by atoms with Crippen LogP contribution in [0.15, 0.2) is 0 Å². The third-order valence-electron chi connectivity index (χ3n) is 2.82.